The van der Waals surface area contributed by atoms with E-state index in [0.717, 1.165) is 17.9 Å². The van der Waals surface area contributed by atoms with Crippen molar-refractivity contribution < 1.29 is 8.85 Å². The Bertz CT molecular complexity index is 235. The summed E-state index contributed by atoms with van der Waals surface area (Å²) in [6.45, 7) is 4.56. The summed E-state index contributed by atoms with van der Waals surface area (Å²) in [5, 5.41) is 0. The van der Waals surface area contributed by atoms with E-state index in [9.17, 15) is 0 Å². The Labute approximate surface area is 127 Å². The first-order valence-electron chi connectivity index (χ1n) is 8.81. The van der Waals surface area contributed by atoms with E-state index in [2.05, 4.69) is 13.8 Å². The van der Waals surface area contributed by atoms with Crippen LogP contribution in [0.15, 0.2) is 0 Å². The maximum absolute atomic E-state index is 5.95. The molecule has 0 aromatic rings. The molecule has 1 atom stereocenters. The molecule has 0 spiro atoms. The van der Waals surface area contributed by atoms with Gasteiger partial charge in [0.15, 0.2) is 0 Å². The zero-order valence-electron chi connectivity index (χ0n) is 14.2. The van der Waals surface area contributed by atoms with Gasteiger partial charge in [0.25, 0.3) is 0 Å². The van der Waals surface area contributed by atoms with E-state index in [-0.39, 0.29) is 0 Å². The minimum absolute atomic E-state index is 0.841. The van der Waals surface area contributed by atoms with Gasteiger partial charge in [0.2, 0.25) is 0 Å². The van der Waals surface area contributed by atoms with Crippen LogP contribution in [-0.2, 0) is 8.85 Å². The van der Waals surface area contributed by atoms with Crippen molar-refractivity contribution in [2.45, 2.75) is 83.7 Å². The van der Waals surface area contributed by atoms with E-state index >= 15 is 0 Å². The summed E-state index contributed by atoms with van der Waals surface area (Å²) in [5.41, 5.74) is 0. The normalized spacial score (nSPS) is 19.2. The first-order valence-corrected chi connectivity index (χ1v) is 11.0. The maximum atomic E-state index is 5.95. The maximum Gasteiger partial charge on any atom is 0.337 e. The SMILES string of the molecule is CCCCC(C[Si](CCC)(OC)OC)C1CCCCC1. The van der Waals surface area contributed by atoms with E-state index in [1.165, 1.54) is 63.8 Å². The number of unbranched alkanes of at least 4 members (excludes halogenated alkanes) is 1. The Morgan fingerprint density at radius 1 is 1.00 bits per heavy atom. The molecule has 1 saturated carbocycles. The molecular formula is C17H36O2Si. The first-order chi connectivity index (χ1) is 9.71. The van der Waals surface area contributed by atoms with Crippen LogP contribution in [0.3, 0.4) is 0 Å². The van der Waals surface area contributed by atoms with E-state index in [1.54, 1.807) is 0 Å². The Morgan fingerprint density at radius 3 is 2.15 bits per heavy atom. The van der Waals surface area contributed by atoms with Gasteiger partial charge in [0, 0.05) is 14.2 Å². The molecule has 0 bridgehead atoms. The zero-order valence-corrected chi connectivity index (χ0v) is 15.2. The third-order valence-electron chi connectivity index (χ3n) is 5.19. The molecule has 0 aromatic carbocycles. The molecule has 1 rings (SSSR count). The van der Waals surface area contributed by atoms with E-state index in [1.807, 2.05) is 14.2 Å². The first kappa shape index (κ1) is 18.2. The summed E-state index contributed by atoms with van der Waals surface area (Å²) >= 11 is 0. The van der Waals surface area contributed by atoms with Gasteiger partial charge < -0.3 is 8.85 Å². The van der Waals surface area contributed by atoms with Crippen LogP contribution in [0.25, 0.3) is 0 Å². The number of rotatable bonds is 10. The Kier molecular flexibility index (Phi) is 9.06. The van der Waals surface area contributed by atoms with Gasteiger partial charge in [-0.2, -0.15) is 0 Å². The van der Waals surface area contributed by atoms with Gasteiger partial charge in [-0.15, -0.1) is 0 Å². The van der Waals surface area contributed by atoms with Crippen molar-refractivity contribution in [2.75, 3.05) is 14.2 Å². The predicted octanol–water partition coefficient (Wildman–Crippen LogP) is 5.52. The third kappa shape index (κ3) is 5.49. The third-order valence-corrected chi connectivity index (χ3v) is 9.09. The lowest BCUT2D eigenvalue weighted by molar-refractivity contribution is 0.198. The minimum Gasteiger partial charge on any atom is -0.398 e. The average Bonchev–Trinajstić information content (AvgIpc) is 2.51. The predicted molar refractivity (Wildman–Crippen MR) is 89.3 cm³/mol. The lowest BCUT2D eigenvalue weighted by Gasteiger charge is -2.36. The zero-order chi connectivity index (χ0) is 14.8. The fraction of sp³-hybridized carbons (Fsp3) is 1.00. The molecule has 1 aliphatic carbocycles. The molecule has 1 fully saturated rings. The smallest absolute Gasteiger partial charge is 0.337 e. The van der Waals surface area contributed by atoms with Crippen LogP contribution in [-0.4, -0.2) is 22.8 Å². The Hall–Kier alpha value is 0.137. The standard InChI is InChI=1S/C17H36O2Si/c1-5-7-11-17(16-12-9-8-10-13-16)15-20(18-3,19-4)14-6-2/h16-17H,5-15H2,1-4H3. The largest absolute Gasteiger partial charge is 0.398 e. The van der Waals surface area contributed by atoms with Gasteiger partial charge in [0.05, 0.1) is 0 Å². The molecule has 0 amide bonds. The van der Waals surface area contributed by atoms with Crippen LogP contribution in [0.1, 0.15) is 71.6 Å². The average molecular weight is 301 g/mol. The number of hydrogen-bond acceptors (Lipinski definition) is 2. The second-order valence-electron chi connectivity index (χ2n) is 6.57. The lowest BCUT2D eigenvalue weighted by Crippen LogP contribution is -2.43. The highest BCUT2D eigenvalue weighted by Gasteiger charge is 2.39. The summed E-state index contributed by atoms with van der Waals surface area (Å²) in [6, 6.07) is 2.37. The molecule has 3 heteroatoms. The second kappa shape index (κ2) is 9.96. The van der Waals surface area contributed by atoms with Gasteiger partial charge in [-0.1, -0.05) is 71.6 Å². The minimum atomic E-state index is -1.94. The van der Waals surface area contributed by atoms with Crippen LogP contribution in [0.2, 0.25) is 12.1 Å². The molecule has 120 valence electrons. The Balaban J connectivity index is 2.69. The summed E-state index contributed by atoms with van der Waals surface area (Å²) in [7, 11) is 1.82. The second-order valence-corrected chi connectivity index (χ2v) is 10.1. The summed E-state index contributed by atoms with van der Waals surface area (Å²) < 4.78 is 11.9. The van der Waals surface area contributed by atoms with Gasteiger partial charge in [-0.3, -0.25) is 0 Å². The van der Waals surface area contributed by atoms with Crippen molar-refractivity contribution in [2.24, 2.45) is 11.8 Å². The van der Waals surface area contributed by atoms with Crippen molar-refractivity contribution >= 4 is 8.56 Å². The van der Waals surface area contributed by atoms with Crippen molar-refractivity contribution in [3.8, 4) is 0 Å². The van der Waals surface area contributed by atoms with E-state index < -0.39 is 8.56 Å². The molecule has 1 unspecified atom stereocenters. The van der Waals surface area contributed by atoms with Crippen molar-refractivity contribution in [3.63, 3.8) is 0 Å². The van der Waals surface area contributed by atoms with Crippen LogP contribution < -0.4 is 0 Å². The summed E-state index contributed by atoms with van der Waals surface area (Å²) in [5.74, 6) is 1.78. The molecule has 0 radical (unpaired) electrons. The fourth-order valence-corrected chi connectivity index (χ4v) is 7.12. The number of hydrogen-bond donors (Lipinski definition) is 0. The molecule has 0 aliphatic heterocycles. The van der Waals surface area contributed by atoms with Gasteiger partial charge in [-0.25, -0.2) is 0 Å². The Morgan fingerprint density at radius 2 is 1.65 bits per heavy atom. The molecule has 20 heavy (non-hydrogen) atoms. The lowest BCUT2D eigenvalue weighted by atomic mass is 9.79. The molecule has 2 nitrogen and oxygen atoms in total. The fourth-order valence-electron chi connectivity index (χ4n) is 3.91. The van der Waals surface area contributed by atoms with Crippen LogP contribution >= 0.6 is 0 Å². The summed E-state index contributed by atoms with van der Waals surface area (Å²) in [6.07, 6.45) is 12.5. The van der Waals surface area contributed by atoms with Gasteiger partial charge >= 0.3 is 8.56 Å². The molecule has 0 aromatic heterocycles. The van der Waals surface area contributed by atoms with Crippen LogP contribution in [0.4, 0.5) is 0 Å². The van der Waals surface area contributed by atoms with Crippen molar-refractivity contribution in [1.82, 2.24) is 0 Å². The molecule has 0 heterocycles. The quantitative estimate of drug-likeness (QED) is 0.495. The van der Waals surface area contributed by atoms with Crippen molar-refractivity contribution in [1.29, 1.82) is 0 Å². The molecule has 1 aliphatic rings. The van der Waals surface area contributed by atoms with Crippen LogP contribution in [0, 0.1) is 11.8 Å². The highest BCUT2D eigenvalue weighted by Crippen LogP contribution is 2.38. The van der Waals surface area contributed by atoms with Gasteiger partial charge in [-0.05, 0) is 23.9 Å². The highest BCUT2D eigenvalue weighted by atomic mass is 28.4. The van der Waals surface area contributed by atoms with E-state index in [4.69, 9.17) is 8.85 Å². The highest BCUT2D eigenvalue weighted by molar-refractivity contribution is 6.67. The topological polar surface area (TPSA) is 18.5 Å². The van der Waals surface area contributed by atoms with Crippen molar-refractivity contribution in [3.05, 3.63) is 0 Å². The molecule has 0 saturated heterocycles. The molecule has 0 N–H and O–H groups in total. The van der Waals surface area contributed by atoms with Gasteiger partial charge in [0.1, 0.15) is 0 Å². The monoisotopic (exact) mass is 300 g/mol. The summed E-state index contributed by atoms with van der Waals surface area (Å²) in [4.78, 5) is 0. The van der Waals surface area contributed by atoms with E-state index in [0.29, 0.717) is 0 Å². The van der Waals surface area contributed by atoms with Crippen LogP contribution in [0.5, 0.6) is 0 Å². The molecular weight excluding hydrogens is 264 g/mol.